The molecule has 144 valence electrons. The van der Waals surface area contributed by atoms with E-state index in [-0.39, 0.29) is 5.91 Å². The Kier molecular flexibility index (Phi) is 7.00. The molecule has 0 atom stereocenters. The summed E-state index contributed by atoms with van der Waals surface area (Å²) in [7, 11) is 1.59. The van der Waals surface area contributed by atoms with Crippen molar-refractivity contribution in [3.05, 3.63) is 63.6 Å². The highest BCUT2D eigenvalue weighted by atomic mass is 35.5. The number of nitrogens with zero attached hydrogens (tertiary/aromatic N) is 2. The van der Waals surface area contributed by atoms with Crippen molar-refractivity contribution in [2.75, 3.05) is 33.3 Å². The summed E-state index contributed by atoms with van der Waals surface area (Å²) in [5.74, 6) is 0.854. The minimum Gasteiger partial charge on any atom is -0.495 e. The molecule has 1 heterocycles. The zero-order valence-electron chi connectivity index (χ0n) is 15.5. The van der Waals surface area contributed by atoms with Crippen molar-refractivity contribution in [1.29, 1.82) is 0 Å². The number of amides is 1. The van der Waals surface area contributed by atoms with Crippen molar-refractivity contribution in [3.63, 3.8) is 0 Å². The van der Waals surface area contributed by atoms with E-state index < -0.39 is 0 Å². The van der Waals surface area contributed by atoms with Crippen molar-refractivity contribution in [3.8, 4) is 5.75 Å². The van der Waals surface area contributed by atoms with Crippen LogP contribution in [0.3, 0.4) is 0 Å². The molecule has 2 aromatic rings. The molecule has 2 aromatic carbocycles. The summed E-state index contributed by atoms with van der Waals surface area (Å²) in [6.45, 7) is 4.16. The smallest absolute Gasteiger partial charge is 0.222 e. The third-order valence-electron chi connectivity index (χ3n) is 4.86. The standard InChI is InChI=1S/C21H24Cl2N2O2/c1-27-20-7-5-16(14-19(20)23)6-8-21(26)25-11-9-24(10-12-25)15-17-3-2-4-18(22)13-17/h2-5,7,13-14H,6,8-12,15H2,1H3. The number of methoxy groups -OCH3 is 1. The highest BCUT2D eigenvalue weighted by Gasteiger charge is 2.21. The summed E-state index contributed by atoms with van der Waals surface area (Å²) in [6.07, 6.45) is 1.18. The van der Waals surface area contributed by atoms with Crippen LogP contribution in [0, 0.1) is 0 Å². The monoisotopic (exact) mass is 406 g/mol. The van der Waals surface area contributed by atoms with Crippen LogP contribution < -0.4 is 4.74 Å². The highest BCUT2D eigenvalue weighted by Crippen LogP contribution is 2.25. The molecule has 1 saturated heterocycles. The fraction of sp³-hybridized carbons (Fsp3) is 0.381. The topological polar surface area (TPSA) is 32.8 Å². The molecule has 1 aliphatic heterocycles. The molecule has 27 heavy (non-hydrogen) atoms. The first-order valence-electron chi connectivity index (χ1n) is 9.12. The van der Waals surface area contributed by atoms with Gasteiger partial charge >= 0.3 is 0 Å². The van der Waals surface area contributed by atoms with Gasteiger partial charge in [0.2, 0.25) is 5.91 Å². The number of rotatable bonds is 6. The zero-order chi connectivity index (χ0) is 19.2. The summed E-state index contributed by atoms with van der Waals surface area (Å²) in [5.41, 5.74) is 2.26. The second-order valence-corrected chi connectivity index (χ2v) is 7.60. The van der Waals surface area contributed by atoms with Gasteiger partial charge in [-0.3, -0.25) is 9.69 Å². The predicted molar refractivity (Wildman–Crippen MR) is 110 cm³/mol. The number of aryl methyl sites for hydroxylation is 1. The molecule has 1 fully saturated rings. The number of hydrogen-bond donors (Lipinski definition) is 0. The molecule has 1 aliphatic rings. The molecule has 0 unspecified atom stereocenters. The number of carbonyl (C=O) groups is 1. The average Bonchev–Trinajstić information content (AvgIpc) is 2.67. The van der Waals surface area contributed by atoms with E-state index in [0.717, 1.165) is 43.3 Å². The molecular formula is C21H24Cl2N2O2. The zero-order valence-corrected chi connectivity index (χ0v) is 17.0. The Balaban J connectivity index is 1.45. The molecule has 0 N–H and O–H groups in total. The van der Waals surface area contributed by atoms with E-state index in [0.29, 0.717) is 23.6 Å². The fourth-order valence-corrected chi connectivity index (χ4v) is 3.82. The van der Waals surface area contributed by atoms with Gasteiger partial charge in [0.05, 0.1) is 12.1 Å². The van der Waals surface area contributed by atoms with Crippen LogP contribution in [0.5, 0.6) is 5.75 Å². The van der Waals surface area contributed by atoms with E-state index in [1.54, 1.807) is 7.11 Å². The molecule has 0 saturated carbocycles. The third-order valence-corrected chi connectivity index (χ3v) is 5.39. The van der Waals surface area contributed by atoms with Gasteiger partial charge < -0.3 is 9.64 Å². The first-order chi connectivity index (χ1) is 13.0. The predicted octanol–water partition coefficient (Wildman–Crippen LogP) is 4.28. The number of ether oxygens (including phenoxy) is 1. The van der Waals surface area contributed by atoms with E-state index in [4.69, 9.17) is 27.9 Å². The maximum Gasteiger partial charge on any atom is 0.222 e. The SMILES string of the molecule is COc1ccc(CCC(=O)N2CCN(Cc3cccc(Cl)c3)CC2)cc1Cl. The number of piperazine rings is 1. The number of benzene rings is 2. The van der Waals surface area contributed by atoms with Gasteiger partial charge in [-0.2, -0.15) is 0 Å². The molecule has 0 bridgehead atoms. The van der Waals surface area contributed by atoms with E-state index >= 15 is 0 Å². The Morgan fingerprint density at radius 2 is 1.81 bits per heavy atom. The minimum absolute atomic E-state index is 0.198. The lowest BCUT2D eigenvalue weighted by atomic mass is 10.1. The van der Waals surface area contributed by atoms with Gasteiger partial charge in [-0.1, -0.05) is 41.4 Å². The van der Waals surface area contributed by atoms with Crippen molar-refractivity contribution < 1.29 is 9.53 Å². The van der Waals surface area contributed by atoms with E-state index in [1.165, 1.54) is 5.56 Å². The lowest BCUT2D eigenvalue weighted by molar-refractivity contribution is -0.133. The molecular weight excluding hydrogens is 383 g/mol. The van der Waals surface area contributed by atoms with Crippen molar-refractivity contribution in [2.45, 2.75) is 19.4 Å². The number of hydrogen-bond acceptors (Lipinski definition) is 3. The van der Waals surface area contributed by atoms with Gasteiger partial charge in [0.15, 0.2) is 0 Å². The van der Waals surface area contributed by atoms with Gasteiger partial charge in [0, 0.05) is 44.2 Å². The van der Waals surface area contributed by atoms with Crippen LogP contribution in [-0.2, 0) is 17.8 Å². The van der Waals surface area contributed by atoms with Crippen molar-refractivity contribution in [1.82, 2.24) is 9.80 Å². The highest BCUT2D eigenvalue weighted by molar-refractivity contribution is 6.32. The van der Waals surface area contributed by atoms with Crippen LogP contribution in [0.15, 0.2) is 42.5 Å². The Morgan fingerprint density at radius 1 is 1.04 bits per heavy atom. The lowest BCUT2D eigenvalue weighted by Crippen LogP contribution is -2.48. The first kappa shape index (κ1) is 20.0. The molecule has 0 aromatic heterocycles. The summed E-state index contributed by atoms with van der Waals surface area (Å²) >= 11 is 12.2. The summed E-state index contributed by atoms with van der Waals surface area (Å²) in [5, 5.41) is 1.34. The maximum absolute atomic E-state index is 12.5. The third kappa shape index (κ3) is 5.61. The van der Waals surface area contributed by atoms with Crippen LogP contribution in [-0.4, -0.2) is 49.0 Å². The Morgan fingerprint density at radius 3 is 2.48 bits per heavy atom. The molecule has 4 nitrogen and oxygen atoms in total. The van der Waals surface area contributed by atoms with Crippen LogP contribution >= 0.6 is 23.2 Å². The van der Waals surface area contributed by atoms with E-state index in [1.807, 2.05) is 41.3 Å². The summed E-state index contributed by atoms with van der Waals surface area (Å²) in [4.78, 5) is 16.8. The summed E-state index contributed by atoms with van der Waals surface area (Å²) < 4.78 is 5.16. The van der Waals surface area contributed by atoms with Gasteiger partial charge in [-0.15, -0.1) is 0 Å². The fourth-order valence-electron chi connectivity index (χ4n) is 3.32. The van der Waals surface area contributed by atoms with Gasteiger partial charge in [0.25, 0.3) is 0 Å². The van der Waals surface area contributed by atoms with Crippen LogP contribution in [0.1, 0.15) is 17.5 Å². The van der Waals surface area contributed by atoms with Crippen LogP contribution in [0.4, 0.5) is 0 Å². The largest absolute Gasteiger partial charge is 0.495 e. The second kappa shape index (κ2) is 9.45. The second-order valence-electron chi connectivity index (χ2n) is 6.76. The van der Waals surface area contributed by atoms with Gasteiger partial charge in [0.1, 0.15) is 5.75 Å². The Labute approximate surface area is 170 Å². The normalized spacial score (nSPS) is 15.0. The van der Waals surface area contributed by atoms with Crippen LogP contribution in [0.25, 0.3) is 0 Å². The minimum atomic E-state index is 0.198. The van der Waals surface area contributed by atoms with Gasteiger partial charge in [-0.05, 0) is 41.8 Å². The quantitative estimate of drug-likeness (QED) is 0.717. The van der Waals surface area contributed by atoms with Crippen molar-refractivity contribution in [2.24, 2.45) is 0 Å². The van der Waals surface area contributed by atoms with E-state index in [9.17, 15) is 4.79 Å². The number of halogens is 2. The lowest BCUT2D eigenvalue weighted by Gasteiger charge is -2.35. The summed E-state index contributed by atoms with van der Waals surface area (Å²) in [6, 6.07) is 13.6. The molecule has 0 radical (unpaired) electrons. The number of carbonyl (C=O) groups excluding carboxylic acids is 1. The molecule has 3 rings (SSSR count). The molecule has 1 amide bonds. The Hall–Kier alpha value is -1.75. The maximum atomic E-state index is 12.5. The molecule has 0 spiro atoms. The van der Waals surface area contributed by atoms with E-state index in [2.05, 4.69) is 11.0 Å². The molecule has 6 heteroatoms. The van der Waals surface area contributed by atoms with Gasteiger partial charge in [-0.25, -0.2) is 0 Å². The first-order valence-corrected chi connectivity index (χ1v) is 9.88. The Bertz CT molecular complexity index is 790. The molecule has 0 aliphatic carbocycles. The van der Waals surface area contributed by atoms with Crippen LogP contribution in [0.2, 0.25) is 10.0 Å². The average molecular weight is 407 g/mol. The van der Waals surface area contributed by atoms with Crippen molar-refractivity contribution >= 4 is 29.1 Å².